The van der Waals surface area contributed by atoms with E-state index < -0.39 is 0 Å². The summed E-state index contributed by atoms with van der Waals surface area (Å²) in [6.07, 6.45) is 4.82. The molecule has 0 spiro atoms. The van der Waals surface area contributed by atoms with Gasteiger partial charge >= 0.3 is 0 Å². The normalized spacial score (nSPS) is 15.6. The standard InChI is InChI=1S/C19H25N5O2S/c1-14-21-23(19(26)16-12-17-15(24(14)16)6-11-27-17)13-18(25)20-7-5-10-22-8-3-2-4-9-22/h6,11-12H,2-5,7-10,13H2,1H3,(H,20,25). The molecular weight excluding hydrogens is 362 g/mol. The number of aryl methyl sites for hydroxylation is 1. The van der Waals surface area contributed by atoms with E-state index in [1.165, 1.54) is 37.0 Å². The first-order chi connectivity index (χ1) is 13.1. The average molecular weight is 388 g/mol. The summed E-state index contributed by atoms with van der Waals surface area (Å²) >= 11 is 1.60. The fourth-order valence-corrected chi connectivity index (χ4v) is 4.64. The van der Waals surface area contributed by atoms with Crippen molar-refractivity contribution < 1.29 is 4.79 Å². The van der Waals surface area contributed by atoms with Crippen LogP contribution in [0.3, 0.4) is 0 Å². The van der Waals surface area contributed by atoms with Crippen LogP contribution in [-0.2, 0) is 11.3 Å². The van der Waals surface area contributed by atoms with Crippen LogP contribution in [0.15, 0.2) is 22.3 Å². The minimum absolute atomic E-state index is 0.0429. The van der Waals surface area contributed by atoms with E-state index in [9.17, 15) is 9.59 Å². The summed E-state index contributed by atoms with van der Waals surface area (Å²) in [5, 5.41) is 9.26. The molecule has 4 heterocycles. The van der Waals surface area contributed by atoms with Crippen LogP contribution in [0, 0.1) is 6.92 Å². The van der Waals surface area contributed by atoms with Gasteiger partial charge in [0.25, 0.3) is 5.56 Å². The molecule has 0 atom stereocenters. The van der Waals surface area contributed by atoms with Crippen molar-refractivity contribution in [1.29, 1.82) is 0 Å². The van der Waals surface area contributed by atoms with E-state index in [1.807, 2.05) is 28.8 Å². The van der Waals surface area contributed by atoms with Gasteiger partial charge in [-0.3, -0.25) is 14.0 Å². The Kier molecular flexibility index (Phi) is 5.27. The van der Waals surface area contributed by atoms with Crippen molar-refractivity contribution in [1.82, 2.24) is 24.4 Å². The molecule has 27 heavy (non-hydrogen) atoms. The van der Waals surface area contributed by atoms with Gasteiger partial charge in [-0.1, -0.05) is 6.42 Å². The van der Waals surface area contributed by atoms with Crippen molar-refractivity contribution in [3.8, 4) is 0 Å². The maximum Gasteiger partial charge on any atom is 0.291 e. The molecule has 1 fully saturated rings. The van der Waals surface area contributed by atoms with Crippen LogP contribution in [0.5, 0.6) is 0 Å². The number of likely N-dealkylation sites (tertiary alicyclic amines) is 1. The highest BCUT2D eigenvalue weighted by Crippen LogP contribution is 2.24. The van der Waals surface area contributed by atoms with Gasteiger partial charge in [0, 0.05) is 6.54 Å². The van der Waals surface area contributed by atoms with Gasteiger partial charge in [-0.15, -0.1) is 11.3 Å². The number of carbonyl (C=O) groups excluding carboxylic acids is 1. The number of nitrogens with one attached hydrogen (secondary N) is 1. The van der Waals surface area contributed by atoms with Crippen LogP contribution < -0.4 is 10.9 Å². The third kappa shape index (κ3) is 3.77. The first kappa shape index (κ1) is 18.2. The van der Waals surface area contributed by atoms with Crippen LogP contribution in [-0.4, -0.2) is 51.2 Å². The number of nitrogens with zero attached hydrogens (tertiary/aromatic N) is 4. The third-order valence-corrected chi connectivity index (χ3v) is 6.03. The van der Waals surface area contributed by atoms with Crippen molar-refractivity contribution in [2.75, 3.05) is 26.2 Å². The number of amides is 1. The summed E-state index contributed by atoms with van der Waals surface area (Å²) in [7, 11) is 0. The highest BCUT2D eigenvalue weighted by atomic mass is 32.1. The molecule has 0 radical (unpaired) electrons. The molecular formula is C19H25N5O2S. The predicted octanol–water partition coefficient (Wildman–Crippen LogP) is 2.01. The van der Waals surface area contributed by atoms with Crippen LogP contribution in [0.25, 0.3) is 15.7 Å². The van der Waals surface area contributed by atoms with Crippen LogP contribution in [0.2, 0.25) is 0 Å². The van der Waals surface area contributed by atoms with Crippen LogP contribution in [0.1, 0.15) is 31.5 Å². The Balaban J connectivity index is 1.38. The number of thiophene rings is 1. The van der Waals surface area contributed by atoms with E-state index in [2.05, 4.69) is 15.3 Å². The summed E-state index contributed by atoms with van der Waals surface area (Å²) in [4.78, 5) is 27.4. The number of fused-ring (bicyclic) bond motifs is 3. The third-order valence-electron chi connectivity index (χ3n) is 5.18. The zero-order chi connectivity index (χ0) is 18.8. The molecule has 4 rings (SSSR count). The van der Waals surface area contributed by atoms with E-state index in [1.54, 1.807) is 11.3 Å². The fraction of sp³-hybridized carbons (Fsp3) is 0.526. The molecule has 144 valence electrons. The van der Waals surface area contributed by atoms with Gasteiger partial charge in [-0.05, 0) is 63.3 Å². The number of carbonyl (C=O) groups is 1. The lowest BCUT2D eigenvalue weighted by atomic mass is 10.1. The molecule has 3 aromatic heterocycles. The Bertz CT molecular complexity index is 1010. The molecule has 3 aromatic rings. The monoisotopic (exact) mass is 387 g/mol. The summed E-state index contributed by atoms with van der Waals surface area (Å²) in [5.74, 6) is 0.538. The zero-order valence-corrected chi connectivity index (χ0v) is 16.4. The van der Waals surface area contributed by atoms with Crippen LogP contribution in [0.4, 0.5) is 0 Å². The number of hydrogen-bond donors (Lipinski definition) is 1. The average Bonchev–Trinajstić information content (AvgIpc) is 3.25. The van der Waals surface area contributed by atoms with Gasteiger partial charge in [-0.2, -0.15) is 5.10 Å². The van der Waals surface area contributed by atoms with E-state index >= 15 is 0 Å². The second-order valence-corrected chi connectivity index (χ2v) is 8.10. The van der Waals surface area contributed by atoms with Gasteiger partial charge < -0.3 is 10.2 Å². The maximum absolute atomic E-state index is 12.7. The summed E-state index contributed by atoms with van der Waals surface area (Å²) in [6.45, 7) is 5.80. The van der Waals surface area contributed by atoms with Gasteiger partial charge in [0.05, 0.1) is 10.2 Å². The molecule has 0 aliphatic carbocycles. The van der Waals surface area contributed by atoms with Gasteiger partial charge in [-0.25, -0.2) is 4.68 Å². The topological polar surface area (TPSA) is 71.6 Å². The number of piperidine rings is 1. The van der Waals surface area contributed by atoms with E-state index in [0.717, 1.165) is 23.2 Å². The molecule has 0 aromatic carbocycles. The molecule has 8 heteroatoms. The van der Waals surface area contributed by atoms with Crippen molar-refractivity contribution in [2.45, 2.75) is 39.2 Å². The van der Waals surface area contributed by atoms with Crippen molar-refractivity contribution >= 4 is 33.0 Å². The molecule has 1 amide bonds. The molecule has 1 saturated heterocycles. The summed E-state index contributed by atoms with van der Waals surface area (Å²) in [6, 6.07) is 3.87. The Hall–Kier alpha value is -2.19. The highest BCUT2D eigenvalue weighted by Gasteiger charge is 2.15. The largest absolute Gasteiger partial charge is 0.354 e. The molecule has 0 bridgehead atoms. The van der Waals surface area contributed by atoms with E-state index in [-0.39, 0.29) is 18.0 Å². The first-order valence-electron chi connectivity index (χ1n) is 9.59. The minimum Gasteiger partial charge on any atom is -0.354 e. The summed E-state index contributed by atoms with van der Waals surface area (Å²) in [5.41, 5.74) is 1.33. The Labute approximate surface area is 161 Å². The summed E-state index contributed by atoms with van der Waals surface area (Å²) < 4.78 is 4.19. The molecule has 0 saturated carbocycles. The van der Waals surface area contributed by atoms with Gasteiger partial charge in [0.15, 0.2) is 0 Å². The minimum atomic E-state index is -0.229. The molecule has 1 aliphatic heterocycles. The van der Waals surface area contributed by atoms with Crippen molar-refractivity contribution in [2.24, 2.45) is 0 Å². The quantitative estimate of drug-likeness (QED) is 0.657. The van der Waals surface area contributed by atoms with Gasteiger partial charge in [0.2, 0.25) is 5.91 Å². The molecule has 0 unspecified atom stereocenters. The Morgan fingerprint density at radius 2 is 2.07 bits per heavy atom. The lowest BCUT2D eigenvalue weighted by Gasteiger charge is -2.26. The fourth-order valence-electron chi connectivity index (χ4n) is 3.84. The number of rotatable bonds is 6. The highest BCUT2D eigenvalue weighted by molar-refractivity contribution is 7.17. The Morgan fingerprint density at radius 3 is 2.89 bits per heavy atom. The lowest BCUT2D eigenvalue weighted by Crippen LogP contribution is -2.37. The molecule has 1 aliphatic rings. The predicted molar refractivity (Wildman–Crippen MR) is 107 cm³/mol. The molecule has 7 nitrogen and oxygen atoms in total. The zero-order valence-electron chi connectivity index (χ0n) is 15.6. The van der Waals surface area contributed by atoms with E-state index in [0.29, 0.717) is 17.9 Å². The smallest absolute Gasteiger partial charge is 0.291 e. The molecule has 1 N–H and O–H groups in total. The van der Waals surface area contributed by atoms with E-state index in [4.69, 9.17) is 0 Å². The van der Waals surface area contributed by atoms with Crippen LogP contribution >= 0.6 is 11.3 Å². The second-order valence-electron chi connectivity index (χ2n) is 7.15. The lowest BCUT2D eigenvalue weighted by molar-refractivity contribution is -0.121. The second kappa shape index (κ2) is 7.82. The Morgan fingerprint density at radius 1 is 1.26 bits per heavy atom. The van der Waals surface area contributed by atoms with Gasteiger partial charge in [0.1, 0.15) is 17.9 Å². The number of hydrogen-bond acceptors (Lipinski definition) is 5. The van der Waals surface area contributed by atoms with Crippen molar-refractivity contribution in [3.63, 3.8) is 0 Å². The first-order valence-corrected chi connectivity index (χ1v) is 10.5. The number of aromatic nitrogens is 3. The maximum atomic E-state index is 12.7. The SMILES string of the molecule is Cc1nn(CC(=O)NCCCN2CCCCC2)c(=O)c2cc3sccc3n12. The van der Waals surface area contributed by atoms with Crippen molar-refractivity contribution in [3.05, 3.63) is 33.7 Å².